The van der Waals surface area contributed by atoms with Crippen LogP contribution in [0.5, 0.6) is 0 Å². The molecular weight excluding hydrogens is 256 g/mol. The zero-order valence-electron chi connectivity index (χ0n) is 13.3. The second-order valence-electron chi connectivity index (χ2n) is 6.57. The number of carbonyl (C=O) groups excluding carboxylic acids is 2. The van der Waals surface area contributed by atoms with Crippen molar-refractivity contribution in [1.82, 2.24) is 10.6 Å². The highest BCUT2D eigenvalue weighted by Crippen LogP contribution is 2.35. The Kier molecular flexibility index (Phi) is 5.42. The van der Waals surface area contributed by atoms with Crippen LogP contribution >= 0.6 is 0 Å². The number of carbonyl (C=O) groups is 2. The monoisotopic (exact) mass is 284 g/mol. The number of hydrogen-bond acceptors (Lipinski definition) is 3. The van der Waals surface area contributed by atoms with Crippen LogP contribution in [0.2, 0.25) is 0 Å². The van der Waals surface area contributed by atoms with E-state index in [4.69, 9.17) is 0 Å². The molecule has 0 radical (unpaired) electrons. The fourth-order valence-corrected chi connectivity index (χ4v) is 3.02. The number of nitrogens with one attached hydrogen (secondary N) is 2. The molecule has 0 bridgehead atoms. The first-order chi connectivity index (χ1) is 9.23. The lowest BCUT2D eigenvalue weighted by Gasteiger charge is -2.45. The number of methoxy groups -OCH3 is 1. The van der Waals surface area contributed by atoms with Gasteiger partial charge in [0.05, 0.1) is 7.11 Å². The Morgan fingerprint density at radius 1 is 1.20 bits per heavy atom. The summed E-state index contributed by atoms with van der Waals surface area (Å²) in [4.78, 5) is 23.6. The molecule has 5 heteroatoms. The third-order valence-electron chi connectivity index (χ3n) is 4.31. The van der Waals surface area contributed by atoms with Gasteiger partial charge in [-0.3, -0.25) is 4.79 Å². The summed E-state index contributed by atoms with van der Waals surface area (Å²) in [5.41, 5.74) is -0.600. The van der Waals surface area contributed by atoms with Crippen molar-refractivity contribution in [3.8, 4) is 0 Å². The van der Waals surface area contributed by atoms with Gasteiger partial charge >= 0.3 is 6.09 Å². The molecule has 1 fully saturated rings. The van der Waals surface area contributed by atoms with E-state index in [1.54, 1.807) is 0 Å². The van der Waals surface area contributed by atoms with Gasteiger partial charge < -0.3 is 15.4 Å². The van der Waals surface area contributed by atoms with Crippen molar-refractivity contribution >= 4 is 12.0 Å². The summed E-state index contributed by atoms with van der Waals surface area (Å²) in [5, 5.41) is 6.07. The molecule has 0 spiro atoms. The first kappa shape index (κ1) is 16.8. The molecule has 20 heavy (non-hydrogen) atoms. The third-order valence-corrected chi connectivity index (χ3v) is 4.31. The molecule has 0 aliphatic heterocycles. The summed E-state index contributed by atoms with van der Waals surface area (Å²) in [6.45, 7) is 8.02. The predicted molar refractivity (Wildman–Crippen MR) is 78.4 cm³/mol. The molecule has 1 aliphatic carbocycles. The van der Waals surface area contributed by atoms with E-state index in [2.05, 4.69) is 22.3 Å². The van der Waals surface area contributed by atoms with Crippen molar-refractivity contribution in [2.75, 3.05) is 7.11 Å². The molecule has 3 unspecified atom stereocenters. The molecule has 0 aromatic carbocycles. The maximum absolute atomic E-state index is 12.1. The first-order valence-corrected chi connectivity index (χ1v) is 7.42. The molecule has 0 aromatic heterocycles. The van der Waals surface area contributed by atoms with Gasteiger partial charge in [0.25, 0.3) is 0 Å². The quantitative estimate of drug-likeness (QED) is 0.834. The van der Waals surface area contributed by atoms with Crippen LogP contribution in [0.4, 0.5) is 4.79 Å². The van der Waals surface area contributed by atoms with Gasteiger partial charge in [0.1, 0.15) is 0 Å². The lowest BCUT2D eigenvalue weighted by Crippen LogP contribution is -2.59. The molecule has 2 amide bonds. The average Bonchev–Trinajstić information content (AvgIpc) is 2.36. The molecule has 5 nitrogen and oxygen atoms in total. The zero-order valence-corrected chi connectivity index (χ0v) is 13.3. The van der Waals surface area contributed by atoms with Gasteiger partial charge in [-0.1, -0.05) is 13.8 Å². The van der Waals surface area contributed by atoms with Crippen LogP contribution in [0.15, 0.2) is 0 Å². The predicted octanol–water partition coefficient (Wildman–Crippen LogP) is 2.60. The summed E-state index contributed by atoms with van der Waals surface area (Å²) in [5.74, 6) is 0.117. The van der Waals surface area contributed by atoms with Crippen LogP contribution in [0.1, 0.15) is 59.8 Å². The van der Waals surface area contributed by atoms with Gasteiger partial charge in [-0.25, -0.2) is 4.79 Å². The summed E-state index contributed by atoms with van der Waals surface area (Å²) >= 11 is 0. The van der Waals surface area contributed by atoms with Gasteiger partial charge in [-0.15, -0.1) is 0 Å². The lowest BCUT2D eigenvalue weighted by molar-refractivity contribution is -0.127. The van der Waals surface area contributed by atoms with Crippen LogP contribution in [0, 0.1) is 5.92 Å². The van der Waals surface area contributed by atoms with Crippen molar-refractivity contribution in [3.05, 3.63) is 0 Å². The number of rotatable bonds is 4. The minimum Gasteiger partial charge on any atom is -0.453 e. The van der Waals surface area contributed by atoms with Crippen LogP contribution in [-0.4, -0.2) is 30.2 Å². The first-order valence-electron chi connectivity index (χ1n) is 7.42. The van der Waals surface area contributed by atoms with Crippen molar-refractivity contribution in [2.45, 2.75) is 70.9 Å². The Morgan fingerprint density at radius 3 is 2.25 bits per heavy atom. The van der Waals surface area contributed by atoms with E-state index in [1.165, 1.54) is 7.11 Å². The average molecular weight is 284 g/mol. The Morgan fingerprint density at radius 2 is 1.75 bits per heavy atom. The van der Waals surface area contributed by atoms with Crippen molar-refractivity contribution in [3.63, 3.8) is 0 Å². The van der Waals surface area contributed by atoms with Gasteiger partial charge in [-0.05, 0) is 46.0 Å². The fraction of sp³-hybridized carbons (Fsp3) is 0.867. The van der Waals surface area contributed by atoms with E-state index < -0.39 is 6.09 Å². The van der Waals surface area contributed by atoms with Crippen LogP contribution < -0.4 is 10.6 Å². The molecule has 0 aromatic rings. The third kappa shape index (κ3) is 4.39. The van der Waals surface area contributed by atoms with E-state index >= 15 is 0 Å². The smallest absolute Gasteiger partial charge is 0.407 e. The largest absolute Gasteiger partial charge is 0.453 e. The topological polar surface area (TPSA) is 67.4 Å². The van der Waals surface area contributed by atoms with E-state index in [1.807, 2.05) is 20.8 Å². The molecule has 116 valence electrons. The van der Waals surface area contributed by atoms with Crippen LogP contribution in [-0.2, 0) is 9.53 Å². The summed E-state index contributed by atoms with van der Waals surface area (Å²) < 4.78 is 4.69. The molecule has 0 heterocycles. The minimum atomic E-state index is -0.412. The van der Waals surface area contributed by atoms with Crippen molar-refractivity contribution in [2.24, 2.45) is 5.92 Å². The molecule has 3 atom stereocenters. The van der Waals surface area contributed by atoms with Crippen molar-refractivity contribution < 1.29 is 14.3 Å². The second-order valence-corrected chi connectivity index (χ2v) is 6.57. The number of alkyl carbamates (subject to hydrolysis) is 1. The standard InChI is InChI=1S/C15H28N2O3/c1-6-11(2)12(18)16-14(3)8-7-9-15(4,10-14)17-13(19)20-5/h11H,6-10H2,1-5H3,(H,16,18)(H,17,19). The minimum absolute atomic E-state index is 0.0218. The summed E-state index contributed by atoms with van der Waals surface area (Å²) in [6.07, 6.45) is 3.95. The number of hydrogen-bond donors (Lipinski definition) is 2. The zero-order chi connectivity index (χ0) is 15.4. The van der Waals surface area contributed by atoms with Gasteiger partial charge in [-0.2, -0.15) is 0 Å². The Bertz CT molecular complexity index is 372. The van der Waals surface area contributed by atoms with E-state index in [-0.39, 0.29) is 22.9 Å². The molecule has 0 saturated heterocycles. The normalized spacial score (nSPS) is 31.2. The number of amides is 2. The number of ether oxygens (including phenoxy) is 1. The summed E-state index contributed by atoms with van der Waals surface area (Å²) in [6, 6.07) is 0. The highest BCUT2D eigenvalue weighted by Gasteiger charge is 2.41. The Labute approximate surface area is 121 Å². The van der Waals surface area contributed by atoms with Crippen LogP contribution in [0.3, 0.4) is 0 Å². The van der Waals surface area contributed by atoms with E-state index in [9.17, 15) is 9.59 Å². The SMILES string of the molecule is CCC(C)C(=O)NC1(C)CCCC(C)(NC(=O)OC)C1. The summed E-state index contributed by atoms with van der Waals surface area (Å²) in [7, 11) is 1.37. The van der Waals surface area contributed by atoms with Crippen molar-refractivity contribution in [1.29, 1.82) is 0 Å². The maximum Gasteiger partial charge on any atom is 0.407 e. The van der Waals surface area contributed by atoms with Gasteiger partial charge in [0, 0.05) is 17.0 Å². The lowest BCUT2D eigenvalue weighted by atomic mass is 9.72. The van der Waals surface area contributed by atoms with E-state index in [0.29, 0.717) is 0 Å². The Balaban J connectivity index is 2.71. The van der Waals surface area contributed by atoms with Gasteiger partial charge in [0.2, 0.25) is 5.91 Å². The molecule has 1 rings (SSSR count). The molecule has 2 N–H and O–H groups in total. The fourth-order valence-electron chi connectivity index (χ4n) is 3.02. The molecule has 1 saturated carbocycles. The molecule has 1 aliphatic rings. The highest BCUT2D eigenvalue weighted by atomic mass is 16.5. The second kappa shape index (κ2) is 6.46. The highest BCUT2D eigenvalue weighted by molar-refractivity contribution is 5.79. The molecular formula is C15H28N2O3. The van der Waals surface area contributed by atoms with Crippen LogP contribution in [0.25, 0.3) is 0 Å². The Hall–Kier alpha value is -1.26. The van der Waals surface area contributed by atoms with Gasteiger partial charge in [0.15, 0.2) is 0 Å². The maximum atomic E-state index is 12.1. The van der Waals surface area contributed by atoms with E-state index in [0.717, 1.165) is 32.1 Å².